The van der Waals surface area contributed by atoms with Crippen molar-refractivity contribution in [2.24, 2.45) is 5.92 Å². The van der Waals surface area contributed by atoms with Crippen molar-refractivity contribution in [3.63, 3.8) is 0 Å². The number of aromatic amines is 1. The van der Waals surface area contributed by atoms with Gasteiger partial charge in [-0.2, -0.15) is 0 Å². The largest absolute Gasteiger partial charge is 0.385 e. The molecular weight excluding hydrogens is 330 g/mol. The van der Waals surface area contributed by atoms with E-state index in [1.807, 2.05) is 29.3 Å². The number of carbonyl (C=O) groups excluding carboxylic acids is 2. The van der Waals surface area contributed by atoms with Gasteiger partial charge in [-0.3, -0.25) is 9.59 Å². The molecule has 6 nitrogen and oxygen atoms in total. The van der Waals surface area contributed by atoms with Crippen molar-refractivity contribution in [2.45, 2.75) is 19.3 Å². The predicted octanol–water partition coefficient (Wildman–Crippen LogP) is 2.52. The quantitative estimate of drug-likeness (QED) is 0.864. The first-order valence-corrected chi connectivity index (χ1v) is 9.18. The fraction of sp³-hybridized carbons (Fsp3) is 0.500. The zero-order valence-electron chi connectivity index (χ0n) is 15.5. The van der Waals surface area contributed by atoms with E-state index in [1.54, 1.807) is 20.2 Å². The molecule has 6 heteroatoms. The number of methoxy groups -OCH3 is 1. The molecule has 1 aliphatic rings. The monoisotopic (exact) mass is 357 g/mol. The minimum absolute atomic E-state index is 0.0206. The molecule has 1 aliphatic heterocycles. The van der Waals surface area contributed by atoms with Crippen molar-refractivity contribution >= 4 is 22.7 Å². The Hall–Kier alpha value is -2.34. The van der Waals surface area contributed by atoms with E-state index in [2.05, 4.69) is 4.98 Å². The second-order valence-corrected chi connectivity index (χ2v) is 7.01. The van der Waals surface area contributed by atoms with Crippen LogP contribution in [0.15, 0.2) is 30.5 Å². The van der Waals surface area contributed by atoms with Gasteiger partial charge >= 0.3 is 0 Å². The molecule has 1 saturated heterocycles. The Labute approximate surface area is 154 Å². The van der Waals surface area contributed by atoms with Crippen LogP contribution in [0.5, 0.6) is 0 Å². The number of ether oxygens (including phenoxy) is 1. The van der Waals surface area contributed by atoms with Crippen molar-refractivity contribution < 1.29 is 14.3 Å². The summed E-state index contributed by atoms with van der Waals surface area (Å²) in [5.41, 5.74) is 1.55. The van der Waals surface area contributed by atoms with Gasteiger partial charge in [0.2, 0.25) is 5.91 Å². The lowest BCUT2D eigenvalue weighted by Gasteiger charge is -2.33. The summed E-state index contributed by atoms with van der Waals surface area (Å²) in [4.78, 5) is 31.9. The van der Waals surface area contributed by atoms with Gasteiger partial charge in [-0.05, 0) is 43.4 Å². The lowest BCUT2D eigenvalue weighted by Crippen LogP contribution is -2.44. The number of rotatable bonds is 6. The highest BCUT2D eigenvalue weighted by Crippen LogP contribution is 2.21. The molecular formula is C20H27N3O3. The van der Waals surface area contributed by atoms with Crippen LogP contribution in [0, 0.1) is 5.92 Å². The van der Waals surface area contributed by atoms with Crippen molar-refractivity contribution in [3.8, 4) is 0 Å². The summed E-state index contributed by atoms with van der Waals surface area (Å²) in [6, 6.07) is 7.49. The average Bonchev–Trinajstić information content (AvgIpc) is 3.15. The first-order chi connectivity index (χ1) is 12.6. The van der Waals surface area contributed by atoms with Gasteiger partial charge in [0.25, 0.3) is 5.91 Å². The van der Waals surface area contributed by atoms with E-state index in [1.165, 1.54) is 4.90 Å². The number of likely N-dealkylation sites (N-methyl/N-ethyl adjacent to an activating group) is 1. The number of piperidine rings is 1. The van der Waals surface area contributed by atoms with Gasteiger partial charge in [-0.15, -0.1) is 0 Å². The van der Waals surface area contributed by atoms with E-state index in [0.29, 0.717) is 11.5 Å². The predicted molar refractivity (Wildman–Crippen MR) is 101 cm³/mol. The third-order valence-electron chi connectivity index (χ3n) is 5.24. The number of hydrogen-bond acceptors (Lipinski definition) is 3. The average molecular weight is 357 g/mol. The SMILES string of the molecule is COCCC1CCN(C(=O)CN(C)C(=O)c2cccc3[nH]ccc23)CC1. The maximum Gasteiger partial charge on any atom is 0.254 e. The highest BCUT2D eigenvalue weighted by atomic mass is 16.5. The Bertz CT molecular complexity index is 763. The number of amides is 2. The van der Waals surface area contributed by atoms with Gasteiger partial charge in [0.1, 0.15) is 0 Å². The molecule has 3 rings (SSSR count). The summed E-state index contributed by atoms with van der Waals surface area (Å²) in [6.07, 6.45) is 4.89. The van der Waals surface area contributed by atoms with Crippen LogP contribution in [-0.2, 0) is 9.53 Å². The van der Waals surface area contributed by atoms with E-state index in [9.17, 15) is 9.59 Å². The zero-order chi connectivity index (χ0) is 18.5. The molecule has 0 atom stereocenters. The summed E-state index contributed by atoms with van der Waals surface area (Å²) >= 11 is 0. The minimum atomic E-state index is -0.126. The Morgan fingerprint density at radius 2 is 2.04 bits per heavy atom. The Kier molecular flexibility index (Phi) is 5.93. The number of hydrogen-bond donors (Lipinski definition) is 1. The maximum absolute atomic E-state index is 12.8. The number of aromatic nitrogens is 1. The molecule has 2 heterocycles. The van der Waals surface area contributed by atoms with Gasteiger partial charge in [-0.25, -0.2) is 0 Å². The number of nitrogens with one attached hydrogen (secondary N) is 1. The zero-order valence-corrected chi connectivity index (χ0v) is 15.5. The standard InChI is InChI=1S/C20H27N3O3/c1-22(20(25)17-4-3-5-18-16(17)6-10-21-18)14-19(24)23-11-7-15(8-12-23)9-13-26-2/h3-6,10,15,21H,7-9,11-14H2,1-2H3. The Balaban J connectivity index is 1.56. The summed E-state index contributed by atoms with van der Waals surface area (Å²) < 4.78 is 5.14. The number of carbonyl (C=O) groups is 2. The van der Waals surface area contributed by atoms with Gasteiger partial charge in [-0.1, -0.05) is 6.07 Å². The van der Waals surface area contributed by atoms with Crippen LogP contribution in [0.3, 0.4) is 0 Å². The Morgan fingerprint density at radius 1 is 1.27 bits per heavy atom. The summed E-state index contributed by atoms with van der Waals surface area (Å²) in [7, 11) is 3.41. The number of likely N-dealkylation sites (tertiary alicyclic amines) is 1. The fourth-order valence-corrected chi connectivity index (χ4v) is 3.61. The summed E-state index contributed by atoms with van der Waals surface area (Å²) in [5, 5.41) is 0.885. The van der Waals surface area contributed by atoms with E-state index < -0.39 is 0 Å². The molecule has 0 radical (unpaired) electrons. The molecule has 2 aromatic rings. The van der Waals surface area contributed by atoms with Crippen LogP contribution in [0.2, 0.25) is 0 Å². The maximum atomic E-state index is 12.8. The lowest BCUT2D eigenvalue weighted by molar-refractivity contribution is -0.133. The molecule has 140 valence electrons. The molecule has 0 aliphatic carbocycles. The van der Waals surface area contributed by atoms with Gasteiger partial charge < -0.3 is 19.5 Å². The highest BCUT2D eigenvalue weighted by Gasteiger charge is 2.25. The van der Waals surface area contributed by atoms with Crippen LogP contribution >= 0.6 is 0 Å². The highest BCUT2D eigenvalue weighted by molar-refractivity contribution is 6.07. The smallest absolute Gasteiger partial charge is 0.254 e. The Morgan fingerprint density at radius 3 is 2.77 bits per heavy atom. The molecule has 2 amide bonds. The molecule has 1 aromatic heterocycles. The van der Waals surface area contributed by atoms with E-state index >= 15 is 0 Å². The molecule has 1 fully saturated rings. The normalized spacial score (nSPS) is 15.4. The van der Waals surface area contributed by atoms with Crippen molar-refractivity contribution in [1.29, 1.82) is 0 Å². The van der Waals surface area contributed by atoms with E-state index in [4.69, 9.17) is 4.74 Å². The number of fused-ring (bicyclic) bond motifs is 1. The van der Waals surface area contributed by atoms with Crippen molar-refractivity contribution in [2.75, 3.05) is 40.4 Å². The number of nitrogens with zero attached hydrogens (tertiary/aromatic N) is 2. The first-order valence-electron chi connectivity index (χ1n) is 9.18. The molecule has 1 aromatic carbocycles. The van der Waals surface area contributed by atoms with Crippen LogP contribution < -0.4 is 0 Å². The van der Waals surface area contributed by atoms with Crippen LogP contribution in [-0.4, -0.2) is 67.0 Å². The molecule has 1 N–H and O–H groups in total. The second kappa shape index (κ2) is 8.36. The number of benzene rings is 1. The van der Waals surface area contributed by atoms with Crippen LogP contribution in [0.4, 0.5) is 0 Å². The third kappa shape index (κ3) is 4.07. The van der Waals surface area contributed by atoms with Crippen LogP contribution in [0.1, 0.15) is 29.6 Å². The van der Waals surface area contributed by atoms with Gasteiger partial charge in [0.05, 0.1) is 6.54 Å². The van der Waals surface area contributed by atoms with Gasteiger partial charge in [0, 0.05) is 56.5 Å². The minimum Gasteiger partial charge on any atom is -0.385 e. The van der Waals surface area contributed by atoms with E-state index in [0.717, 1.165) is 49.9 Å². The number of H-pyrrole nitrogens is 1. The molecule has 0 bridgehead atoms. The van der Waals surface area contributed by atoms with Crippen LogP contribution in [0.25, 0.3) is 10.9 Å². The summed E-state index contributed by atoms with van der Waals surface area (Å²) in [6.45, 7) is 2.42. The second-order valence-electron chi connectivity index (χ2n) is 7.01. The lowest BCUT2D eigenvalue weighted by atomic mass is 9.94. The van der Waals surface area contributed by atoms with E-state index in [-0.39, 0.29) is 18.4 Å². The van der Waals surface area contributed by atoms with Gasteiger partial charge in [0.15, 0.2) is 0 Å². The first kappa shape index (κ1) is 18.5. The molecule has 0 saturated carbocycles. The van der Waals surface area contributed by atoms with Crippen molar-refractivity contribution in [1.82, 2.24) is 14.8 Å². The molecule has 0 unspecified atom stereocenters. The topological polar surface area (TPSA) is 65.6 Å². The molecule has 26 heavy (non-hydrogen) atoms. The summed E-state index contributed by atoms with van der Waals surface area (Å²) in [5.74, 6) is 0.523. The third-order valence-corrected chi connectivity index (χ3v) is 5.24. The fourth-order valence-electron chi connectivity index (χ4n) is 3.61. The van der Waals surface area contributed by atoms with Crippen molar-refractivity contribution in [3.05, 3.63) is 36.0 Å². The molecule has 0 spiro atoms.